The Morgan fingerprint density at radius 2 is 1.79 bits per heavy atom. The third-order valence-corrected chi connectivity index (χ3v) is 10.7. The second-order valence-corrected chi connectivity index (χ2v) is 12.9. The molecule has 4 aliphatic carbocycles. The van der Waals surface area contributed by atoms with Gasteiger partial charge in [0.05, 0.1) is 0 Å². The predicted molar refractivity (Wildman–Crippen MR) is 126 cm³/mol. The molecule has 0 aromatic heterocycles. The van der Waals surface area contributed by atoms with Crippen molar-refractivity contribution in [1.82, 2.24) is 0 Å². The maximum atomic E-state index is 4.84. The first-order valence-electron chi connectivity index (χ1n) is 12.6. The van der Waals surface area contributed by atoms with E-state index in [4.69, 9.17) is 12.6 Å². The molecule has 3 saturated carbocycles. The molecule has 0 amide bonds. The quantitative estimate of drug-likeness (QED) is 0.347. The molecular formula is C27H46S. The fraction of sp³-hybridized carbons (Fsp3) is 0.926. The van der Waals surface area contributed by atoms with Gasteiger partial charge in [-0.15, -0.1) is 0 Å². The molecule has 0 N–H and O–H groups in total. The minimum Gasteiger partial charge on any atom is -0.176 e. The molecule has 8 atom stereocenters. The van der Waals surface area contributed by atoms with Crippen molar-refractivity contribution >= 4 is 12.6 Å². The fourth-order valence-electron chi connectivity index (χ4n) is 8.67. The van der Waals surface area contributed by atoms with E-state index in [0.717, 1.165) is 35.5 Å². The third-order valence-electron chi connectivity index (χ3n) is 10.3. The summed E-state index contributed by atoms with van der Waals surface area (Å²) >= 11 is 4.84. The van der Waals surface area contributed by atoms with E-state index in [9.17, 15) is 0 Å². The van der Waals surface area contributed by atoms with Crippen LogP contribution in [0.15, 0.2) is 11.6 Å². The summed E-state index contributed by atoms with van der Waals surface area (Å²) in [6.07, 6.45) is 18.4. The minimum atomic E-state index is 0.504. The van der Waals surface area contributed by atoms with Crippen molar-refractivity contribution in [2.75, 3.05) is 0 Å². The van der Waals surface area contributed by atoms with Crippen molar-refractivity contribution in [3.05, 3.63) is 11.6 Å². The summed E-state index contributed by atoms with van der Waals surface area (Å²) in [4.78, 5) is 0. The van der Waals surface area contributed by atoms with Gasteiger partial charge in [0.15, 0.2) is 0 Å². The second kappa shape index (κ2) is 7.97. The molecule has 2 unspecified atom stereocenters. The third kappa shape index (κ3) is 3.54. The van der Waals surface area contributed by atoms with Crippen molar-refractivity contribution in [3.8, 4) is 0 Å². The Bertz CT molecular complexity index is 591. The van der Waals surface area contributed by atoms with Crippen LogP contribution in [0.25, 0.3) is 0 Å². The minimum absolute atomic E-state index is 0.504. The summed E-state index contributed by atoms with van der Waals surface area (Å²) in [6.45, 7) is 12.7. The van der Waals surface area contributed by atoms with Crippen LogP contribution in [0.4, 0.5) is 0 Å². The monoisotopic (exact) mass is 402 g/mol. The van der Waals surface area contributed by atoms with Crippen LogP contribution in [0.5, 0.6) is 0 Å². The van der Waals surface area contributed by atoms with E-state index in [1.807, 2.05) is 0 Å². The smallest absolute Gasteiger partial charge is 0.00545 e. The van der Waals surface area contributed by atoms with Gasteiger partial charge in [0.2, 0.25) is 0 Å². The van der Waals surface area contributed by atoms with Crippen LogP contribution >= 0.6 is 12.6 Å². The molecule has 0 spiro atoms. The first-order chi connectivity index (χ1) is 13.3. The van der Waals surface area contributed by atoms with Crippen LogP contribution in [0, 0.1) is 46.3 Å². The highest BCUT2D eigenvalue weighted by Gasteiger charge is 2.58. The molecule has 1 heteroatoms. The molecular weight excluding hydrogens is 356 g/mol. The van der Waals surface area contributed by atoms with E-state index >= 15 is 0 Å². The predicted octanol–water partition coefficient (Wildman–Crippen LogP) is 8.33. The van der Waals surface area contributed by atoms with Gasteiger partial charge in [0.1, 0.15) is 0 Å². The Labute approximate surface area is 181 Å². The Hall–Kier alpha value is 0.0900. The van der Waals surface area contributed by atoms with E-state index in [-0.39, 0.29) is 0 Å². The van der Waals surface area contributed by atoms with E-state index in [2.05, 4.69) is 40.7 Å². The number of allylic oxidation sites excluding steroid dienone is 2. The number of hydrogen-bond acceptors (Lipinski definition) is 1. The zero-order valence-corrected chi connectivity index (χ0v) is 20.2. The van der Waals surface area contributed by atoms with Gasteiger partial charge in [-0.2, -0.15) is 12.6 Å². The van der Waals surface area contributed by atoms with Crippen LogP contribution in [-0.2, 0) is 0 Å². The highest BCUT2D eigenvalue weighted by atomic mass is 32.1. The molecule has 0 bridgehead atoms. The van der Waals surface area contributed by atoms with E-state index in [0.29, 0.717) is 16.1 Å². The van der Waals surface area contributed by atoms with Gasteiger partial charge < -0.3 is 0 Å². The zero-order chi connectivity index (χ0) is 20.1. The first kappa shape index (κ1) is 21.3. The van der Waals surface area contributed by atoms with Crippen molar-refractivity contribution in [2.24, 2.45) is 46.3 Å². The van der Waals surface area contributed by atoms with E-state index < -0.39 is 0 Å². The normalized spacial score (nSPS) is 46.5. The van der Waals surface area contributed by atoms with Crippen molar-refractivity contribution in [1.29, 1.82) is 0 Å². The Morgan fingerprint density at radius 1 is 1.00 bits per heavy atom. The SMILES string of the molecule is CC(C)CCC[C@@H](C)[C@H]1CC[C@H]2[C@@H]3CC=C4C[C@@H](S)CCC4(C)C3CC[C@]12C. The summed E-state index contributed by atoms with van der Waals surface area (Å²) in [5, 5.41) is 0.618. The highest BCUT2D eigenvalue weighted by Crippen LogP contribution is 2.67. The molecule has 28 heavy (non-hydrogen) atoms. The number of hydrogen-bond donors (Lipinski definition) is 1. The maximum absolute atomic E-state index is 4.84. The summed E-state index contributed by atoms with van der Waals surface area (Å²) in [5.41, 5.74) is 2.92. The molecule has 0 heterocycles. The average Bonchev–Trinajstić information content (AvgIpc) is 2.99. The van der Waals surface area contributed by atoms with Crippen molar-refractivity contribution in [2.45, 2.75) is 110 Å². The molecule has 0 aromatic rings. The van der Waals surface area contributed by atoms with Crippen LogP contribution in [0.3, 0.4) is 0 Å². The van der Waals surface area contributed by atoms with Crippen LogP contribution in [0.2, 0.25) is 0 Å². The Morgan fingerprint density at radius 3 is 2.54 bits per heavy atom. The lowest BCUT2D eigenvalue weighted by Gasteiger charge is -2.58. The van der Waals surface area contributed by atoms with Gasteiger partial charge in [-0.3, -0.25) is 0 Å². The van der Waals surface area contributed by atoms with Gasteiger partial charge in [-0.05, 0) is 97.7 Å². The van der Waals surface area contributed by atoms with Crippen LogP contribution < -0.4 is 0 Å². The number of thiol groups is 1. The van der Waals surface area contributed by atoms with Gasteiger partial charge in [0, 0.05) is 5.25 Å². The van der Waals surface area contributed by atoms with Crippen molar-refractivity contribution in [3.63, 3.8) is 0 Å². The Kier molecular flexibility index (Phi) is 6.07. The van der Waals surface area contributed by atoms with Gasteiger partial charge in [-0.25, -0.2) is 0 Å². The van der Waals surface area contributed by atoms with Crippen LogP contribution in [0.1, 0.15) is 105 Å². The lowest BCUT2D eigenvalue weighted by Crippen LogP contribution is -2.50. The summed E-state index contributed by atoms with van der Waals surface area (Å²) in [6, 6.07) is 0. The van der Waals surface area contributed by atoms with Crippen molar-refractivity contribution < 1.29 is 0 Å². The molecule has 160 valence electrons. The fourth-order valence-corrected chi connectivity index (χ4v) is 8.99. The van der Waals surface area contributed by atoms with Gasteiger partial charge in [-0.1, -0.05) is 65.5 Å². The van der Waals surface area contributed by atoms with E-state index in [1.54, 1.807) is 5.57 Å². The summed E-state index contributed by atoms with van der Waals surface area (Å²) < 4.78 is 0. The largest absolute Gasteiger partial charge is 0.176 e. The van der Waals surface area contributed by atoms with Gasteiger partial charge in [0.25, 0.3) is 0 Å². The summed E-state index contributed by atoms with van der Waals surface area (Å²) in [7, 11) is 0. The maximum Gasteiger partial charge on any atom is 0.00545 e. The first-order valence-corrected chi connectivity index (χ1v) is 13.1. The molecule has 0 nitrogen and oxygen atoms in total. The standard InChI is InChI=1S/C27H46S/c1-18(2)7-6-8-19(3)23-11-12-24-22-10-9-20-17-21(28)13-15-26(20,4)25(22)14-16-27(23,24)5/h9,18-19,21-25,28H,6-8,10-17H2,1-5H3/t19-,21+,22+,23-,24+,25?,26?,27-/m1/s1. The zero-order valence-electron chi connectivity index (χ0n) is 19.3. The molecule has 0 aromatic carbocycles. The van der Waals surface area contributed by atoms with Crippen LogP contribution in [-0.4, -0.2) is 5.25 Å². The topological polar surface area (TPSA) is 0 Å². The molecule has 0 saturated heterocycles. The molecule has 4 aliphatic rings. The highest BCUT2D eigenvalue weighted by molar-refractivity contribution is 7.80. The molecule has 4 rings (SSSR count). The molecule has 3 fully saturated rings. The molecule has 0 aliphatic heterocycles. The lowest BCUT2D eigenvalue weighted by atomic mass is 9.47. The lowest BCUT2D eigenvalue weighted by molar-refractivity contribution is -0.0497. The second-order valence-electron chi connectivity index (χ2n) is 12.2. The Balaban J connectivity index is 1.49. The number of fused-ring (bicyclic) bond motifs is 5. The van der Waals surface area contributed by atoms with E-state index in [1.165, 1.54) is 70.6 Å². The number of rotatable bonds is 5. The van der Waals surface area contributed by atoms with Gasteiger partial charge >= 0.3 is 0 Å². The average molecular weight is 403 g/mol. The molecule has 0 radical (unpaired) electrons. The summed E-state index contributed by atoms with van der Waals surface area (Å²) in [5.74, 6) is 5.70.